The van der Waals surface area contributed by atoms with Crippen LogP contribution in [0.1, 0.15) is 30.9 Å². The number of carbonyl (C=O) groups is 1. The number of nitrogens with zero attached hydrogens (tertiary/aromatic N) is 2. The number of hydrogen-bond acceptors (Lipinski definition) is 5. The van der Waals surface area contributed by atoms with Crippen LogP contribution in [-0.2, 0) is 17.3 Å². The highest BCUT2D eigenvalue weighted by Gasteiger charge is 2.35. The second-order valence-electron chi connectivity index (χ2n) is 8.28. The lowest BCUT2D eigenvalue weighted by atomic mass is 9.83. The molecule has 1 aromatic carbocycles. The largest absolute Gasteiger partial charge is 0.486 e. The van der Waals surface area contributed by atoms with Crippen molar-refractivity contribution in [3.05, 3.63) is 41.7 Å². The molecule has 7 heteroatoms. The summed E-state index contributed by atoms with van der Waals surface area (Å²) in [6, 6.07) is 6.03. The minimum atomic E-state index is -0.221. The maximum absolute atomic E-state index is 12.9. The van der Waals surface area contributed by atoms with E-state index in [0.717, 1.165) is 29.2 Å². The van der Waals surface area contributed by atoms with E-state index >= 15 is 0 Å². The van der Waals surface area contributed by atoms with Gasteiger partial charge >= 0.3 is 0 Å². The van der Waals surface area contributed by atoms with E-state index in [1.807, 2.05) is 31.6 Å². The summed E-state index contributed by atoms with van der Waals surface area (Å²) >= 11 is 0. The molecule has 28 heavy (non-hydrogen) atoms. The summed E-state index contributed by atoms with van der Waals surface area (Å²) in [5.74, 6) is 1.72. The molecule has 2 aromatic rings. The summed E-state index contributed by atoms with van der Waals surface area (Å²) in [5.41, 5.74) is 2.01. The van der Waals surface area contributed by atoms with E-state index in [-0.39, 0.29) is 23.2 Å². The van der Waals surface area contributed by atoms with Gasteiger partial charge in [0.25, 0.3) is 0 Å². The topological polar surface area (TPSA) is 77.4 Å². The monoisotopic (exact) mass is 384 g/mol. The molecule has 7 nitrogen and oxygen atoms in total. The molecule has 2 aliphatic rings. The second-order valence-corrected chi connectivity index (χ2v) is 8.28. The van der Waals surface area contributed by atoms with E-state index in [4.69, 9.17) is 9.47 Å². The van der Waals surface area contributed by atoms with Gasteiger partial charge in [-0.25, -0.2) is 0 Å². The molecule has 1 saturated heterocycles. The van der Waals surface area contributed by atoms with Crippen molar-refractivity contribution >= 4 is 5.91 Å². The number of benzene rings is 1. The molecule has 150 valence electrons. The first-order valence-electron chi connectivity index (χ1n) is 9.81. The normalized spacial score (nSPS) is 21.5. The molecule has 0 bridgehead atoms. The predicted octanol–water partition coefficient (Wildman–Crippen LogP) is 1.59. The number of nitrogens with one attached hydrogen (secondary N) is 2. The van der Waals surface area contributed by atoms with E-state index in [0.29, 0.717) is 26.3 Å². The second kappa shape index (κ2) is 7.47. The number of aromatic nitrogens is 2. The van der Waals surface area contributed by atoms with Gasteiger partial charge in [-0.2, -0.15) is 5.10 Å². The Morgan fingerprint density at radius 2 is 2.07 bits per heavy atom. The average Bonchev–Trinajstić information content (AvgIpc) is 3.34. The minimum absolute atomic E-state index is 0.0831. The average molecular weight is 384 g/mol. The third kappa shape index (κ3) is 3.71. The van der Waals surface area contributed by atoms with Crippen molar-refractivity contribution < 1.29 is 14.3 Å². The molecule has 3 heterocycles. The fraction of sp³-hybridized carbons (Fsp3) is 0.524. The van der Waals surface area contributed by atoms with E-state index in [1.165, 1.54) is 0 Å². The zero-order valence-electron chi connectivity index (χ0n) is 16.7. The third-order valence-corrected chi connectivity index (χ3v) is 5.73. The molecule has 2 aliphatic heterocycles. The van der Waals surface area contributed by atoms with Crippen molar-refractivity contribution in [1.29, 1.82) is 0 Å². The number of carbonyl (C=O) groups excluding carboxylic acids is 1. The maximum atomic E-state index is 12.9. The number of amides is 1. The Morgan fingerprint density at radius 3 is 2.82 bits per heavy atom. The molecular weight excluding hydrogens is 356 g/mol. The molecule has 2 atom stereocenters. The number of hydrogen-bond donors (Lipinski definition) is 2. The molecule has 0 radical (unpaired) electrons. The fourth-order valence-electron chi connectivity index (χ4n) is 3.94. The van der Waals surface area contributed by atoms with E-state index in [1.54, 1.807) is 4.68 Å². The first-order valence-corrected chi connectivity index (χ1v) is 9.81. The van der Waals surface area contributed by atoms with Gasteiger partial charge in [0.1, 0.15) is 13.2 Å². The zero-order chi connectivity index (χ0) is 19.7. The Kier molecular flexibility index (Phi) is 5.02. The van der Waals surface area contributed by atoms with E-state index < -0.39 is 0 Å². The summed E-state index contributed by atoms with van der Waals surface area (Å²) in [5, 5.41) is 10.8. The molecule has 1 aromatic heterocycles. The summed E-state index contributed by atoms with van der Waals surface area (Å²) < 4.78 is 13.1. The maximum Gasteiger partial charge on any atom is 0.225 e. The Bertz CT molecular complexity index is 861. The van der Waals surface area contributed by atoms with Crippen LogP contribution in [0.15, 0.2) is 30.6 Å². The molecule has 1 amide bonds. The van der Waals surface area contributed by atoms with Crippen molar-refractivity contribution in [2.24, 2.45) is 13.0 Å². The smallest absolute Gasteiger partial charge is 0.225 e. The Hall–Kier alpha value is -2.54. The summed E-state index contributed by atoms with van der Waals surface area (Å²) in [6.07, 6.45) is 3.86. The van der Waals surface area contributed by atoms with Gasteiger partial charge in [0.2, 0.25) is 5.91 Å². The Labute approximate surface area is 165 Å². The third-order valence-electron chi connectivity index (χ3n) is 5.73. The van der Waals surface area contributed by atoms with Gasteiger partial charge in [-0.05, 0) is 23.3 Å². The van der Waals surface area contributed by atoms with Crippen LogP contribution in [0.25, 0.3) is 0 Å². The SMILES string of the molecule is Cn1cc([C@H]2CNC[C@@H]2C(=O)NCC(C)(C)c2ccc3c(c2)OCCO3)cn1. The van der Waals surface area contributed by atoms with E-state index in [9.17, 15) is 4.79 Å². The first-order chi connectivity index (χ1) is 13.4. The standard InChI is InChI=1S/C21H28N4O3/c1-21(2,15-4-5-18-19(8-15)28-7-6-27-18)13-23-20(26)17-11-22-10-16(17)14-9-24-25(3)12-14/h4-5,8-9,12,16-17,22H,6-7,10-11,13H2,1-3H3,(H,23,26)/t16-,17+/m1/s1. The number of aryl methyl sites for hydroxylation is 1. The number of ether oxygens (including phenoxy) is 2. The lowest BCUT2D eigenvalue weighted by Gasteiger charge is -2.28. The van der Waals surface area contributed by atoms with Crippen LogP contribution in [0.3, 0.4) is 0 Å². The van der Waals surface area contributed by atoms with Gasteiger partial charge in [-0.1, -0.05) is 19.9 Å². The summed E-state index contributed by atoms with van der Waals surface area (Å²) in [6.45, 7) is 7.46. The van der Waals surface area contributed by atoms with Crippen LogP contribution in [0, 0.1) is 5.92 Å². The molecule has 0 aliphatic carbocycles. The molecule has 2 N–H and O–H groups in total. The van der Waals surface area contributed by atoms with E-state index in [2.05, 4.69) is 35.6 Å². The molecule has 0 unspecified atom stereocenters. The highest BCUT2D eigenvalue weighted by Crippen LogP contribution is 2.35. The number of rotatable bonds is 5. The molecule has 1 fully saturated rings. The first kappa shape index (κ1) is 18.8. The predicted molar refractivity (Wildman–Crippen MR) is 106 cm³/mol. The van der Waals surface area contributed by atoms with Crippen LogP contribution in [0.5, 0.6) is 11.5 Å². The van der Waals surface area contributed by atoms with Crippen LogP contribution in [0.4, 0.5) is 0 Å². The fourth-order valence-corrected chi connectivity index (χ4v) is 3.94. The van der Waals surface area contributed by atoms with Gasteiger partial charge in [0.05, 0.1) is 12.1 Å². The zero-order valence-corrected chi connectivity index (χ0v) is 16.7. The van der Waals surface area contributed by atoms with Crippen LogP contribution in [0.2, 0.25) is 0 Å². The minimum Gasteiger partial charge on any atom is -0.486 e. The van der Waals surface area contributed by atoms with Gasteiger partial charge in [0, 0.05) is 44.2 Å². The van der Waals surface area contributed by atoms with Gasteiger partial charge in [0.15, 0.2) is 11.5 Å². The van der Waals surface area contributed by atoms with Crippen LogP contribution < -0.4 is 20.1 Å². The molecular formula is C21H28N4O3. The van der Waals surface area contributed by atoms with Crippen LogP contribution >= 0.6 is 0 Å². The molecule has 0 saturated carbocycles. The highest BCUT2D eigenvalue weighted by atomic mass is 16.6. The van der Waals surface area contributed by atoms with Gasteiger partial charge in [-0.15, -0.1) is 0 Å². The van der Waals surface area contributed by atoms with Crippen molar-refractivity contribution in [2.75, 3.05) is 32.8 Å². The Morgan fingerprint density at radius 1 is 1.29 bits per heavy atom. The van der Waals surface area contributed by atoms with Crippen molar-refractivity contribution in [2.45, 2.75) is 25.2 Å². The van der Waals surface area contributed by atoms with Crippen molar-refractivity contribution in [3.63, 3.8) is 0 Å². The van der Waals surface area contributed by atoms with Crippen molar-refractivity contribution in [1.82, 2.24) is 20.4 Å². The lowest BCUT2D eigenvalue weighted by Crippen LogP contribution is -2.41. The molecule has 4 rings (SSSR count). The summed E-state index contributed by atoms with van der Waals surface area (Å²) in [4.78, 5) is 12.9. The van der Waals surface area contributed by atoms with Crippen LogP contribution in [-0.4, -0.2) is 48.5 Å². The number of fused-ring (bicyclic) bond motifs is 1. The van der Waals surface area contributed by atoms with Crippen molar-refractivity contribution in [3.8, 4) is 11.5 Å². The summed E-state index contributed by atoms with van der Waals surface area (Å²) in [7, 11) is 1.90. The molecule has 0 spiro atoms. The quantitative estimate of drug-likeness (QED) is 0.819. The Balaban J connectivity index is 1.42. The lowest BCUT2D eigenvalue weighted by molar-refractivity contribution is -0.125. The highest BCUT2D eigenvalue weighted by molar-refractivity contribution is 5.80. The van der Waals surface area contributed by atoms with Gasteiger partial charge in [-0.3, -0.25) is 9.48 Å². The van der Waals surface area contributed by atoms with Gasteiger partial charge < -0.3 is 20.1 Å².